The van der Waals surface area contributed by atoms with Crippen LogP contribution in [-0.2, 0) is 11.4 Å². The van der Waals surface area contributed by atoms with Crippen molar-refractivity contribution in [3.05, 3.63) is 46.5 Å². The Bertz CT molecular complexity index is 809. The van der Waals surface area contributed by atoms with Crippen LogP contribution in [0.25, 0.3) is 0 Å². The number of benzene rings is 2. The molecule has 0 saturated carbocycles. The van der Waals surface area contributed by atoms with Crippen molar-refractivity contribution < 1.29 is 19.0 Å². The fourth-order valence-corrected chi connectivity index (χ4v) is 3.34. The average molecular weight is 457 g/mol. The number of carbonyl (C=O) groups excluding carboxylic acids is 1. The van der Waals surface area contributed by atoms with Gasteiger partial charge in [-0.15, -0.1) is 12.4 Å². The van der Waals surface area contributed by atoms with E-state index in [9.17, 15) is 4.79 Å². The van der Waals surface area contributed by atoms with Gasteiger partial charge < -0.3 is 29.6 Å². The van der Waals surface area contributed by atoms with Crippen molar-refractivity contribution in [2.45, 2.75) is 31.9 Å². The maximum Gasteiger partial charge on any atom is 0.126 e. The van der Waals surface area contributed by atoms with Gasteiger partial charge in [-0.1, -0.05) is 11.6 Å². The summed E-state index contributed by atoms with van der Waals surface area (Å²) in [5.74, 6) is 2.05. The van der Waals surface area contributed by atoms with E-state index in [2.05, 4.69) is 4.90 Å². The Morgan fingerprint density at radius 3 is 2.27 bits per heavy atom. The van der Waals surface area contributed by atoms with E-state index in [1.807, 2.05) is 38.4 Å². The molecule has 2 aromatic carbocycles. The van der Waals surface area contributed by atoms with Gasteiger partial charge in [0.05, 0.1) is 24.9 Å². The molecule has 0 fully saturated rings. The molecule has 0 radical (unpaired) electrons. The van der Waals surface area contributed by atoms with Crippen molar-refractivity contribution in [3.63, 3.8) is 0 Å². The maximum absolute atomic E-state index is 10.7. The van der Waals surface area contributed by atoms with Crippen LogP contribution in [0.5, 0.6) is 17.2 Å². The molecule has 0 amide bonds. The molecule has 2 rings (SSSR count). The Balaban J connectivity index is 0.00000450. The molecule has 0 aromatic heterocycles. The van der Waals surface area contributed by atoms with Gasteiger partial charge >= 0.3 is 0 Å². The number of hydrogen-bond donors (Lipinski definition) is 1. The molecular weight excluding hydrogens is 427 g/mol. The number of methoxy groups -OCH3 is 2. The highest BCUT2D eigenvalue weighted by Gasteiger charge is 2.20. The van der Waals surface area contributed by atoms with E-state index in [-0.39, 0.29) is 18.4 Å². The van der Waals surface area contributed by atoms with Crippen molar-refractivity contribution in [1.29, 1.82) is 0 Å². The summed E-state index contributed by atoms with van der Waals surface area (Å²) in [6.07, 6.45) is 3.04. The maximum atomic E-state index is 10.7. The van der Waals surface area contributed by atoms with E-state index in [1.165, 1.54) is 0 Å². The molecule has 1 atom stereocenters. The van der Waals surface area contributed by atoms with Crippen molar-refractivity contribution in [2.24, 2.45) is 0 Å². The second-order valence-electron chi connectivity index (χ2n) is 7.00. The van der Waals surface area contributed by atoms with Gasteiger partial charge in [0.25, 0.3) is 0 Å². The third kappa shape index (κ3) is 6.97. The Morgan fingerprint density at radius 2 is 1.73 bits per heavy atom. The SMILES string of the molecule is COc1cc(COc2cc(N)c(Cl)cc2C(CCCC=O)N(C)C)cc(OC)c1.Cl. The normalized spacial score (nSPS) is 11.5. The molecule has 6 nitrogen and oxygen atoms in total. The Morgan fingerprint density at radius 1 is 1.10 bits per heavy atom. The number of hydrogen-bond acceptors (Lipinski definition) is 6. The zero-order valence-electron chi connectivity index (χ0n) is 17.8. The molecule has 0 spiro atoms. The van der Waals surface area contributed by atoms with Crippen LogP contribution < -0.4 is 19.9 Å². The highest BCUT2D eigenvalue weighted by atomic mass is 35.5. The number of carbonyl (C=O) groups is 1. The predicted octanol–water partition coefficient (Wildman–Crippen LogP) is 4.91. The summed E-state index contributed by atoms with van der Waals surface area (Å²) in [5.41, 5.74) is 8.34. The Kier molecular flexibility index (Phi) is 10.8. The van der Waals surface area contributed by atoms with Gasteiger partial charge in [-0.3, -0.25) is 0 Å². The first-order chi connectivity index (χ1) is 13.9. The molecule has 0 heterocycles. The van der Waals surface area contributed by atoms with Crippen molar-refractivity contribution in [2.75, 3.05) is 34.0 Å². The second kappa shape index (κ2) is 12.5. The lowest BCUT2D eigenvalue weighted by Gasteiger charge is -2.27. The average Bonchev–Trinajstić information content (AvgIpc) is 2.71. The Hall–Kier alpha value is -2.15. The number of aldehydes is 1. The van der Waals surface area contributed by atoms with Crippen LogP contribution in [0.1, 0.15) is 36.4 Å². The molecule has 2 N–H and O–H groups in total. The molecule has 30 heavy (non-hydrogen) atoms. The summed E-state index contributed by atoms with van der Waals surface area (Å²) in [4.78, 5) is 12.8. The van der Waals surface area contributed by atoms with Crippen LogP contribution in [0.4, 0.5) is 5.69 Å². The zero-order chi connectivity index (χ0) is 21.4. The van der Waals surface area contributed by atoms with Crippen molar-refractivity contribution >= 4 is 36.0 Å². The minimum absolute atomic E-state index is 0. The summed E-state index contributed by atoms with van der Waals surface area (Å²) in [5, 5.41) is 0.484. The van der Waals surface area contributed by atoms with Crippen LogP contribution in [0.2, 0.25) is 5.02 Å². The molecule has 0 aliphatic heterocycles. The van der Waals surface area contributed by atoms with Gasteiger partial charge in [0.2, 0.25) is 0 Å². The van der Waals surface area contributed by atoms with Crippen LogP contribution in [0, 0.1) is 0 Å². The highest BCUT2D eigenvalue weighted by molar-refractivity contribution is 6.33. The summed E-state index contributed by atoms with van der Waals surface area (Å²) in [7, 11) is 7.20. The largest absolute Gasteiger partial charge is 0.497 e. The van der Waals surface area contributed by atoms with Gasteiger partial charge in [-0.2, -0.15) is 0 Å². The zero-order valence-corrected chi connectivity index (χ0v) is 19.4. The first kappa shape index (κ1) is 25.9. The van der Waals surface area contributed by atoms with Crippen LogP contribution in [0.15, 0.2) is 30.3 Å². The fraction of sp³-hybridized carbons (Fsp3) is 0.409. The molecule has 0 aliphatic rings. The van der Waals surface area contributed by atoms with Crippen LogP contribution in [-0.4, -0.2) is 39.5 Å². The summed E-state index contributed by atoms with van der Waals surface area (Å²) >= 11 is 6.30. The molecule has 1 unspecified atom stereocenters. The second-order valence-corrected chi connectivity index (χ2v) is 7.41. The summed E-state index contributed by atoms with van der Waals surface area (Å²) < 4.78 is 16.8. The minimum atomic E-state index is 0. The van der Waals surface area contributed by atoms with E-state index >= 15 is 0 Å². The molecular formula is C22H30Cl2N2O4. The number of rotatable bonds is 11. The topological polar surface area (TPSA) is 74.0 Å². The number of nitrogen functional groups attached to an aromatic ring is 1. The van der Waals surface area contributed by atoms with Gasteiger partial charge in [0, 0.05) is 30.2 Å². The standard InChI is InChI=1S/C22H29ClN2O4.ClH/c1-25(2)21(7-5-6-8-26)18-12-19(23)20(24)13-22(18)29-14-15-9-16(27-3)11-17(10-15)28-4;/h8-13,21H,5-7,14,24H2,1-4H3;1H. The monoisotopic (exact) mass is 456 g/mol. The molecule has 0 bridgehead atoms. The third-order valence-corrected chi connectivity index (χ3v) is 5.04. The quantitative estimate of drug-likeness (QED) is 0.294. The number of unbranched alkanes of at least 4 members (excludes halogenated alkanes) is 1. The van der Waals surface area contributed by atoms with Gasteiger partial charge in [-0.25, -0.2) is 0 Å². The Labute approximate surface area is 189 Å². The minimum Gasteiger partial charge on any atom is -0.497 e. The molecule has 0 aliphatic carbocycles. The summed E-state index contributed by atoms with van der Waals surface area (Å²) in [6.45, 7) is 0.316. The van der Waals surface area contributed by atoms with Gasteiger partial charge in [0.15, 0.2) is 0 Å². The van der Waals surface area contributed by atoms with Gasteiger partial charge in [0.1, 0.15) is 30.1 Å². The summed E-state index contributed by atoms with van der Waals surface area (Å²) in [6, 6.07) is 9.26. The lowest BCUT2D eigenvalue weighted by molar-refractivity contribution is -0.108. The van der Waals surface area contributed by atoms with Crippen LogP contribution >= 0.6 is 24.0 Å². The lowest BCUT2D eigenvalue weighted by atomic mass is 9.98. The smallest absolute Gasteiger partial charge is 0.126 e. The van der Waals surface area contributed by atoms with Crippen molar-refractivity contribution in [3.8, 4) is 17.2 Å². The molecule has 8 heteroatoms. The van der Waals surface area contributed by atoms with E-state index in [1.54, 1.807) is 20.3 Å². The number of halogens is 2. The number of nitrogens with two attached hydrogens (primary N) is 1. The van der Waals surface area contributed by atoms with E-state index in [0.717, 1.165) is 30.3 Å². The molecule has 0 saturated heterocycles. The first-order valence-corrected chi connectivity index (χ1v) is 9.81. The number of nitrogens with zero attached hydrogens (tertiary/aromatic N) is 1. The van der Waals surface area contributed by atoms with E-state index in [0.29, 0.717) is 41.0 Å². The highest BCUT2D eigenvalue weighted by Crippen LogP contribution is 2.37. The van der Waals surface area contributed by atoms with E-state index in [4.69, 9.17) is 31.5 Å². The third-order valence-electron chi connectivity index (χ3n) is 4.72. The molecule has 166 valence electrons. The van der Waals surface area contributed by atoms with Crippen molar-refractivity contribution in [1.82, 2.24) is 4.90 Å². The lowest BCUT2D eigenvalue weighted by Crippen LogP contribution is -2.21. The van der Waals surface area contributed by atoms with Gasteiger partial charge in [-0.05, 0) is 50.7 Å². The van der Waals surface area contributed by atoms with Crippen LogP contribution in [0.3, 0.4) is 0 Å². The number of ether oxygens (including phenoxy) is 3. The number of anilines is 1. The molecule has 2 aromatic rings. The van der Waals surface area contributed by atoms with E-state index < -0.39 is 0 Å². The fourth-order valence-electron chi connectivity index (χ4n) is 3.17. The first-order valence-electron chi connectivity index (χ1n) is 9.43. The predicted molar refractivity (Wildman–Crippen MR) is 123 cm³/mol.